The summed E-state index contributed by atoms with van der Waals surface area (Å²) in [4.78, 5) is 11.7. The lowest BCUT2D eigenvalue weighted by molar-refractivity contribution is -0.149. The van der Waals surface area contributed by atoms with E-state index in [1.165, 1.54) is 18.6 Å². The van der Waals surface area contributed by atoms with Crippen LogP contribution in [0.3, 0.4) is 0 Å². The van der Waals surface area contributed by atoms with Crippen LogP contribution in [0, 0.1) is 0 Å². The van der Waals surface area contributed by atoms with Crippen LogP contribution in [0.1, 0.15) is 54.9 Å². The summed E-state index contributed by atoms with van der Waals surface area (Å²) in [6.45, 7) is 13.1. The van der Waals surface area contributed by atoms with Gasteiger partial charge in [-0.25, -0.2) is 4.79 Å². The van der Waals surface area contributed by atoms with Crippen LogP contribution >= 0.6 is 0 Å². The molecule has 0 atom stereocenters. The highest BCUT2D eigenvalue weighted by atomic mass is 16.6. The number of hydrogen-bond acceptors (Lipinski definition) is 3. The summed E-state index contributed by atoms with van der Waals surface area (Å²) in [7, 11) is 0. The monoisotopic (exact) mass is 268 g/mol. The average Bonchev–Trinajstić information content (AvgIpc) is 2.24. The van der Waals surface area contributed by atoms with Crippen molar-refractivity contribution in [3.63, 3.8) is 0 Å². The van der Waals surface area contributed by atoms with Gasteiger partial charge in [0.1, 0.15) is 16.9 Å². The van der Waals surface area contributed by atoms with E-state index >= 15 is 0 Å². The van der Waals surface area contributed by atoms with Crippen molar-refractivity contribution in [2.24, 2.45) is 0 Å². The van der Waals surface area contributed by atoms with Gasteiger partial charge < -0.3 is 9.84 Å². The van der Waals surface area contributed by atoms with Gasteiger partial charge in [0.2, 0.25) is 0 Å². The Morgan fingerprint density at radius 2 is 1.53 bits per heavy atom. The maximum absolute atomic E-state index is 11.7. The zero-order valence-corrected chi connectivity index (χ0v) is 13.3. The van der Waals surface area contributed by atoms with Gasteiger partial charge in [-0.1, -0.05) is 32.4 Å². The van der Waals surface area contributed by atoms with E-state index in [-0.39, 0.29) is 11.3 Å². The molecular weight excluding hydrogens is 240 g/mol. The van der Waals surface area contributed by atoms with Crippen LogP contribution in [-0.2, 0) is 9.53 Å². The molecule has 0 aliphatic heterocycles. The Balaban J connectivity index is 0. The number of carbonyl (C=O) groups is 1. The number of allylic oxidation sites excluding steroid dienone is 3. The summed E-state index contributed by atoms with van der Waals surface area (Å²) >= 11 is 0. The van der Waals surface area contributed by atoms with Crippen molar-refractivity contribution in [3.8, 4) is 0 Å². The topological polar surface area (TPSA) is 46.5 Å². The minimum absolute atomic E-state index is 0.0881. The van der Waals surface area contributed by atoms with E-state index in [2.05, 4.69) is 13.8 Å². The number of hydrogen-bond donors (Lipinski definition) is 1. The molecule has 3 heteroatoms. The lowest BCUT2D eigenvalue weighted by atomic mass is 10.1. The standard InChI is InChI=1S/C13H20O3.C3H8/c1-6-8-10(11(14)9-7-2)12(15)16-13(3,4)5;1-3-2/h6-9,14H,1-5H3;3H2,1-2H3/b8-6-,9-7-,11-10-;. The van der Waals surface area contributed by atoms with Gasteiger partial charge in [-0.3, -0.25) is 0 Å². The van der Waals surface area contributed by atoms with Crippen molar-refractivity contribution >= 4 is 5.97 Å². The van der Waals surface area contributed by atoms with E-state index in [1.807, 2.05) is 0 Å². The smallest absolute Gasteiger partial charge is 0.342 e. The number of carbonyl (C=O) groups excluding carboxylic acids is 1. The van der Waals surface area contributed by atoms with Crippen LogP contribution in [0.15, 0.2) is 35.6 Å². The molecule has 0 fully saturated rings. The van der Waals surface area contributed by atoms with Gasteiger partial charge in [0.15, 0.2) is 0 Å². The Bertz CT molecular complexity index is 341. The van der Waals surface area contributed by atoms with Gasteiger partial charge in [0, 0.05) is 0 Å². The molecule has 0 unspecified atom stereocenters. The van der Waals surface area contributed by atoms with Gasteiger partial charge >= 0.3 is 5.97 Å². The van der Waals surface area contributed by atoms with Gasteiger partial charge in [0.25, 0.3) is 0 Å². The molecule has 0 radical (unpaired) electrons. The van der Waals surface area contributed by atoms with Crippen molar-refractivity contribution < 1.29 is 14.6 Å². The second kappa shape index (κ2) is 10.4. The Morgan fingerprint density at radius 3 is 1.84 bits per heavy atom. The van der Waals surface area contributed by atoms with Gasteiger partial charge in [-0.15, -0.1) is 0 Å². The first-order chi connectivity index (χ1) is 8.73. The third-order valence-corrected chi connectivity index (χ3v) is 1.55. The molecule has 0 spiro atoms. The van der Waals surface area contributed by atoms with Gasteiger partial charge in [-0.05, 0) is 46.8 Å². The second-order valence-electron chi connectivity index (χ2n) is 5.01. The molecular formula is C16H28O3. The number of rotatable bonds is 3. The molecule has 0 aromatic carbocycles. The molecule has 0 heterocycles. The summed E-state index contributed by atoms with van der Waals surface area (Å²) in [5.74, 6) is -0.615. The molecule has 0 bridgehead atoms. The molecule has 0 saturated carbocycles. The van der Waals surface area contributed by atoms with Crippen molar-refractivity contribution in [1.82, 2.24) is 0 Å². The van der Waals surface area contributed by atoms with Crippen LogP contribution in [-0.4, -0.2) is 16.7 Å². The highest BCUT2D eigenvalue weighted by Crippen LogP contribution is 2.14. The number of esters is 1. The fourth-order valence-corrected chi connectivity index (χ4v) is 1.01. The maximum Gasteiger partial charge on any atom is 0.342 e. The third kappa shape index (κ3) is 11.3. The molecule has 0 aromatic rings. The van der Waals surface area contributed by atoms with Gasteiger partial charge in [-0.2, -0.15) is 0 Å². The molecule has 0 amide bonds. The van der Waals surface area contributed by atoms with Crippen molar-refractivity contribution in [2.75, 3.05) is 0 Å². The van der Waals surface area contributed by atoms with Crippen LogP contribution in [0.5, 0.6) is 0 Å². The predicted molar refractivity (Wildman–Crippen MR) is 81.1 cm³/mol. The van der Waals surface area contributed by atoms with E-state index in [0.717, 1.165) is 0 Å². The largest absolute Gasteiger partial charge is 0.507 e. The van der Waals surface area contributed by atoms with Crippen molar-refractivity contribution in [3.05, 3.63) is 35.6 Å². The number of ether oxygens (including phenoxy) is 1. The summed E-state index contributed by atoms with van der Waals surface area (Å²) in [5, 5.41) is 9.65. The van der Waals surface area contributed by atoms with Crippen molar-refractivity contribution in [1.29, 1.82) is 0 Å². The quantitative estimate of drug-likeness (QED) is 0.349. The van der Waals surface area contributed by atoms with E-state index in [0.29, 0.717) is 0 Å². The molecule has 3 nitrogen and oxygen atoms in total. The zero-order chi connectivity index (χ0) is 15.5. The summed E-state index contributed by atoms with van der Waals surface area (Å²) in [6.07, 6.45) is 7.57. The highest BCUT2D eigenvalue weighted by Gasteiger charge is 2.20. The molecule has 0 rings (SSSR count). The third-order valence-electron chi connectivity index (χ3n) is 1.55. The first-order valence-corrected chi connectivity index (χ1v) is 6.65. The zero-order valence-electron chi connectivity index (χ0n) is 13.3. The number of aliphatic hydroxyl groups excluding tert-OH is 1. The van der Waals surface area contributed by atoms with E-state index < -0.39 is 11.6 Å². The van der Waals surface area contributed by atoms with E-state index in [4.69, 9.17) is 4.74 Å². The Kier molecular flexibility index (Phi) is 10.9. The predicted octanol–water partition coefficient (Wildman–Crippen LogP) is 4.71. The molecule has 0 aliphatic carbocycles. The fourth-order valence-electron chi connectivity index (χ4n) is 1.01. The minimum atomic E-state index is -0.569. The molecule has 19 heavy (non-hydrogen) atoms. The Labute approximate surface area is 117 Å². The molecule has 0 saturated heterocycles. The SMILES string of the molecule is CCC.C\C=C/C(O)=C(\C=C/C)C(=O)OC(C)(C)C. The lowest BCUT2D eigenvalue weighted by Gasteiger charge is -2.19. The van der Waals surface area contributed by atoms with Crippen LogP contribution in [0.25, 0.3) is 0 Å². The first-order valence-electron chi connectivity index (χ1n) is 6.65. The lowest BCUT2D eigenvalue weighted by Crippen LogP contribution is -2.25. The minimum Gasteiger partial charge on any atom is -0.507 e. The van der Waals surface area contributed by atoms with Crippen LogP contribution in [0.4, 0.5) is 0 Å². The highest BCUT2D eigenvalue weighted by molar-refractivity contribution is 5.92. The molecule has 1 N–H and O–H groups in total. The summed E-state index contributed by atoms with van der Waals surface area (Å²) in [5.41, 5.74) is -0.407. The average molecular weight is 268 g/mol. The number of aliphatic hydroxyl groups is 1. The normalized spacial score (nSPS) is 13.0. The van der Waals surface area contributed by atoms with Gasteiger partial charge in [0.05, 0.1) is 0 Å². The summed E-state index contributed by atoms with van der Waals surface area (Å²) in [6, 6.07) is 0. The van der Waals surface area contributed by atoms with Crippen LogP contribution in [0.2, 0.25) is 0 Å². The van der Waals surface area contributed by atoms with Crippen molar-refractivity contribution in [2.45, 2.75) is 60.5 Å². The Hall–Kier alpha value is -1.51. The first kappa shape index (κ1) is 19.8. The molecule has 110 valence electrons. The van der Waals surface area contributed by atoms with E-state index in [9.17, 15) is 9.90 Å². The van der Waals surface area contributed by atoms with E-state index in [1.54, 1.807) is 46.8 Å². The molecule has 0 aliphatic rings. The van der Waals surface area contributed by atoms with Crippen LogP contribution < -0.4 is 0 Å². The maximum atomic E-state index is 11.7. The molecule has 0 aromatic heterocycles. The summed E-state index contributed by atoms with van der Waals surface area (Å²) < 4.78 is 5.18. The fraction of sp³-hybridized carbons (Fsp3) is 0.562. The second-order valence-corrected chi connectivity index (χ2v) is 5.01. The Morgan fingerprint density at radius 1 is 1.11 bits per heavy atom.